The summed E-state index contributed by atoms with van der Waals surface area (Å²) in [5, 5.41) is 15.9. The fraction of sp³-hybridized carbons (Fsp3) is 0.429. The number of carbonyl (C=O) groups is 3. The number of rotatable bonds is 21. The first-order chi connectivity index (χ1) is 45.4. The van der Waals surface area contributed by atoms with E-state index < -0.39 is 78.5 Å². The molecule has 9 heterocycles. The van der Waals surface area contributed by atoms with E-state index >= 15 is 17.7 Å². The topological polar surface area (TPSA) is 359 Å². The van der Waals surface area contributed by atoms with E-state index in [1.165, 1.54) is 96.9 Å². The van der Waals surface area contributed by atoms with Crippen molar-refractivity contribution in [3.8, 4) is 33.4 Å². The van der Waals surface area contributed by atoms with Crippen LogP contribution in [0.1, 0.15) is 153 Å². The van der Waals surface area contributed by atoms with Gasteiger partial charge in [-0.15, -0.1) is 0 Å². The molecule has 6 aromatic heterocycles. The van der Waals surface area contributed by atoms with Gasteiger partial charge in [0.25, 0.3) is 0 Å². The van der Waals surface area contributed by atoms with Crippen molar-refractivity contribution in [2.75, 3.05) is 55.4 Å². The Morgan fingerprint density at radius 1 is 0.484 bits per heavy atom. The maximum Gasteiger partial charge on any atom is 0.477 e. The van der Waals surface area contributed by atoms with Gasteiger partial charge in [0, 0.05) is 127 Å². The van der Waals surface area contributed by atoms with Crippen LogP contribution >= 0.6 is 7.82 Å². The molecule has 0 bridgehead atoms. The van der Waals surface area contributed by atoms with Gasteiger partial charge in [-0.25, -0.2) is 77.0 Å². The lowest BCUT2D eigenvalue weighted by Crippen LogP contribution is -2.32. The van der Waals surface area contributed by atoms with E-state index in [0.29, 0.717) is 94.5 Å². The normalized spacial score (nSPS) is 17.6. The van der Waals surface area contributed by atoms with Gasteiger partial charge in [0.05, 0.1) is 51.4 Å². The van der Waals surface area contributed by atoms with Crippen LogP contribution < -0.4 is 31.9 Å². The lowest BCUT2D eigenvalue weighted by atomic mass is 9.98. The van der Waals surface area contributed by atoms with Crippen LogP contribution in [0.3, 0.4) is 0 Å². The average Bonchev–Trinajstić information content (AvgIpc) is 1.72. The summed E-state index contributed by atoms with van der Waals surface area (Å²) in [7, 11) is -5.09. The molecular formula is C63H72F3N18O10P. The van der Waals surface area contributed by atoms with Gasteiger partial charge < -0.3 is 45.1 Å². The van der Waals surface area contributed by atoms with Gasteiger partial charge in [-0.2, -0.15) is 0 Å². The van der Waals surface area contributed by atoms with Crippen LogP contribution in [0.2, 0.25) is 0 Å². The van der Waals surface area contributed by atoms with Gasteiger partial charge in [0.1, 0.15) is 34.3 Å². The number of halogens is 3. The molecule has 32 heteroatoms. The van der Waals surface area contributed by atoms with Crippen molar-refractivity contribution in [3.63, 3.8) is 0 Å². The number of hydrogen-bond donors (Lipinski definition) is 9. The number of fused-ring (bicyclic) bond motifs is 3. The first kappa shape index (κ1) is 65.9. The molecule has 28 nitrogen and oxygen atoms in total. The number of nitrogens with zero attached hydrogens (tertiary/aromatic N) is 9. The molecule has 0 saturated carbocycles. The van der Waals surface area contributed by atoms with Crippen molar-refractivity contribution in [3.05, 3.63) is 107 Å². The second kappa shape index (κ2) is 26.6. The summed E-state index contributed by atoms with van der Waals surface area (Å²) in [4.78, 5) is 88.0. The molecule has 3 unspecified atom stereocenters. The summed E-state index contributed by atoms with van der Waals surface area (Å²) in [6.45, 7) is 16.8. The smallest absolute Gasteiger partial charge is 0.373 e. The van der Waals surface area contributed by atoms with Crippen LogP contribution in [0, 0.1) is 17.5 Å². The first-order valence-electron chi connectivity index (χ1n) is 31.3. The molecule has 3 fully saturated rings. The van der Waals surface area contributed by atoms with E-state index in [1.54, 1.807) is 20.8 Å². The van der Waals surface area contributed by atoms with E-state index in [1.807, 2.05) is 0 Å². The van der Waals surface area contributed by atoms with E-state index in [-0.39, 0.29) is 102 Å². The van der Waals surface area contributed by atoms with Crippen LogP contribution in [0.15, 0.2) is 55.4 Å². The summed E-state index contributed by atoms with van der Waals surface area (Å²) in [6.07, 6.45) is 10.0. The molecule has 0 aliphatic carbocycles. The maximum absolute atomic E-state index is 17.0. The van der Waals surface area contributed by atoms with Crippen LogP contribution in [-0.4, -0.2) is 117 Å². The zero-order valence-corrected chi connectivity index (χ0v) is 54.5. The van der Waals surface area contributed by atoms with Crippen LogP contribution in [-0.2, 0) is 49.2 Å². The Labute approximate surface area is 542 Å². The molecule has 9 N–H and O–H groups in total. The number of nitrogens with one attached hydrogen (secondary N) is 9. The number of anilines is 3. The molecule has 6 amide bonds. The highest BCUT2D eigenvalue weighted by Crippen LogP contribution is 2.61. The van der Waals surface area contributed by atoms with Crippen molar-refractivity contribution >= 4 is 76.9 Å². The number of amides is 6. The number of hydrogen-bond acceptors (Lipinski definition) is 19. The quantitative estimate of drug-likeness (QED) is 0.0302. The van der Waals surface area contributed by atoms with E-state index in [2.05, 4.69) is 91.7 Å². The molecule has 12 rings (SSSR count). The largest absolute Gasteiger partial charge is 0.477 e. The van der Waals surface area contributed by atoms with E-state index in [0.717, 1.165) is 0 Å². The third-order valence-corrected chi connectivity index (χ3v) is 18.3. The Morgan fingerprint density at radius 2 is 0.747 bits per heavy atom. The molecule has 95 heavy (non-hydrogen) atoms. The summed E-state index contributed by atoms with van der Waals surface area (Å²) in [5.74, 6) is -1.73. The molecule has 500 valence electrons. The molecule has 0 radical (unpaired) electrons. The van der Waals surface area contributed by atoms with Gasteiger partial charge in [0.15, 0.2) is 17.5 Å². The number of imidazole rings is 3. The van der Waals surface area contributed by atoms with Crippen LogP contribution in [0.4, 0.5) is 45.4 Å². The number of aromatic nitrogens is 12. The highest BCUT2D eigenvalue weighted by Gasteiger charge is 2.48. The zero-order chi connectivity index (χ0) is 67.1. The number of carbonyl (C=O) groups excluding carboxylic acids is 3. The number of ether oxygens (including phenoxy) is 3. The predicted octanol–water partition coefficient (Wildman–Crippen LogP) is 12.3. The standard InChI is InChI=1S/C63H72F3N18O10P/c1-10-67-58(85)82-55-76-37-22-34(46(64)43(49(37)79-55)40-16-13-19-89-40)31-25-70-52(71-26-31)61(4,5)92-95(88,93-62(6,7)53-72-27-32(28-73-53)35-23-38-50(44(47(35)65)41-17-14-20-90-41)80-56(77-38)83-59(86)68-11-2)94-63(8,9)54-74-29-33(30-75-54)36-24-39-51(45(48(36)66)42-18-15-21-91-42)81-57(78-39)84-60(87)69-12-3/h22-30,40-42H,10-21H2,1-9H3,(H3,67,76,79,82,85)(H3,68,77,80,83,86)(H3,69,78,81,84,87). The number of aromatic amines is 3. The Balaban J connectivity index is 0.875. The van der Waals surface area contributed by atoms with Crippen molar-refractivity contribution in [1.82, 2.24) is 75.8 Å². The summed E-state index contributed by atoms with van der Waals surface area (Å²) in [5.41, 5.74) is -1.57. The molecule has 3 aromatic carbocycles. The minimum Gasteiger partial charge on any atom is -0.373 e. The predicted molar refractivity (Wildman–Crippen MR) is 343 cm³/mol. The molecule has 0 spiro atoms. The lowest BCUT2D eigenvalue weighted by Gasteiger charge is -2.36. The lowest BCUT2D eigenvalue weighted by molar-refractivity contribution is -0.0528. The Morgan fingerprint density at radius 3 is 0.979 bits per heavy atom. The summed E-state index contributed by atoms with van der Waals surface area (Å²) in [6, 6.07) is 3.09. The average molecular weight is 1330 g/mol. The number of phosphoric ester groups is 1. The van der Waals surface area contributed by atoms with Crippen LogP contribution in [0.5, 0.6) is 0 Å². The third-order valence-electron chi connectivity index (χ3n) is 16.2. The minimum atomic E-state index is -5.09. The number of phosphoric acid groups is 1. The Kier molecular flexibility index (Phi) is 18.5. The first-order valence-corrected chi connectivity index (χ1v) is 32.8. The molecule has 3 aliphatic rings. The molecule has 3 aliphatic heterocycles. The fourth-order valence-electron chi connectivity index (χ4n) is 11.9. The SMILES string of the molecule is CCNC(=O)Nc1nc2c(C3CCCO3)c(F)c(-c3cnc(C(C)(C)OP(=O)(OC(C)(C)c4ncc(-c5cc6[nH]c(NC(=O)NCC)nc6c(C6CCCO6)c5F)cn4)OC(C)(C)c4ncc(-c5cc6[nH]c(NC(=O)NCC)nc6c(C6CCCO6)c5F)cn4)nc3)cc2[nH]1. The van der Waals surface area contributed by atoms with Crippen molar-refractivity contribution < 1.29 is 59.9 Å². The van der Waals surface area contributed by atoms with Gasteiger partial charge >= 0.3 is 25.9 Å². The Bertz CT molecular complexity index is 3980. The second-order valence-electron chi connectivity index (χ2n) is 24.5. The van der Waals surface area contributed by atoms with Gasteiger partial charge in [0.2, 0.25) is 17.8 Å². The molecule has 9 aromatic rings. The Hall–Kier alpha value is -9.10. The fourth-order valence-corrected chi connectivity index (χ4v) is 13.9. The van der Waals surface area contributed by atoms with Crippen molar-refractivity contribution in [1.29, 1.82) is 0 Å². The monoisotopic (exact) mass is 1330 g/mol. The molecular weight excluding hydrogens is 1260 g/mol. The molecule has 3 atom stereocenters. The van der Waals surface area contributed by atoms with Crippen LogP contribution in [0.25, 0.3) is 66.5 Å². The van der Waals surface area contributed by atoms with Gasteiger partial charge in [-0.1, -0.05) is 0 Å². The zero-order valence-electron chi connectivity index (χ0n) is 53.6. The summed E-state index contributed by atoms with van der Waals surface area (Å²) < 4.78 is 105. The van der Waals surface area contributed by atoms with E-state index in [9.17, 15) is 14.4 Å². The maximum atomic E-state index is 17.0. The number of H-pyrrole nitrogens is 3. The van der Waals surface area contributed by atoms with Gasteiger partial charge in [-0.3, -0.25) is 29.5 Å². The highest BCUT2D eigenvalue weighted by atomic mass is 31.2. The number of urea groups is 3. The van der Waals surface area contributed by atoms with Crippen molar-refractivity contribution in [2.24, 2.45) is 0 Å². The molecule has 3 saturated heterocycles. The van der Waals surface area contributed by atoms with Crippen molar-refractivity contribution in [2.45, 2.75) is 136 Å². The summed E-state index contributed by atoms with van der Waals surface area (Å²) >= 11 is 0. The van der Waals surface area contributed by atoms with Gasteiger partial charge in [-0.05, 0) is 119 Å². The third kappa shape index (κ3) is 13.6. The van der Waals surface area contributed by atoms with E-state index in [4.69, 9.17) is 27.8 Å². The number of benzene rings is 3. The minimum absolute atomic E-state index is 0.0437. The second-order valence-corrected chi connectivity index (χ2v) is 25.9. The highest BCUT2D eigenvalue weighted by molar-refractivity contribution is 7.48.